The van der Waals surface area contributed by atoms with Crippen molar-refractivity contribution in [3.8, 4) is 0 Å². The third-order valence-corrected chi connectivity index (χ3v) is 13.6. The van der Waals surface area contributed by atoms with Crippen LogP contribution in [0.5, 0.6) is 0 Å². The van der Waals surface area contributed by atoms with Gasteiger partial charge in [0.2, 0.25) is 0 Å². The molecule has 0 aromatic rings. The molecule has 0 aromatic carbocycles. The highest BCUT2D eigenvalue weighted by molar-refractivity contribution is 7.86. The molecule has 0 rings (SSSR count). The second kappa shape index (κ2) is 47.0. The summed E-state index contributed by atoms with van der Waals surface area (Å²) in [5.41, 5.74) is 0. The molecule has 0 N–H and O–H groups in total. The third-order valence-electron chi connectivity index (χ3n) is 13.0. The average Bonchev–Trinajstić information content (AvgIpc) is 3.19. The number of hydrogen-bond acceptors (Lipinski definition) is 3. The Morgan fingerprint density at radius 1 is 0.281 bits per heavy atom. The van der Waals surface area contributed by atoms with Gasteiger partial charge < -0.3 is 0 Å². The van der Waals surface area contributed by atoms with Gasteiger partial charge in [-0.1, -0.05) is 310 Å². The van der Waals surface area contributed by atoms with Gasteiger partial charge in [-0.3, -0.25) is 4.18 Å². The maximum atomic E-state index is 12.1. The van der Waals surface area contributed by atoms with Crippen molar-refractivity contribution in [3.05, 3.63) is 0 Å². The van der Waals surface area contributed by atoms with Crippen molar-refractivity contribution in [1.82, 2.24) is 0 Å². The van der Waals surface area contributed by atoms with Crippen molar-refractivity contribution < 1.29 is 12.6 Å². The fourth-order valence-corrected chi connectivity index (χ4v) is 9.88. The zero-order valence-corrected chi connectivity index (χ0v) is 40.8. The van der Waals surface area contributed by atoms with Crippen molar-refractivity contribution in [1.29, 1.82) is 0 Å². The summed E-state index contributed by atoms with van der Waals surface area (Å²) in [7, 11) is -3.41. The quantitative estimate of drug-likeness (QED) is 0.0453. The Bertz CT molecular complexity index is 813. The topological polar surface area (TPSA) is 43.4 Å². The van der Waals surface area contributed by atoms with Crippen LogP contribution in [0.1, 0.15) is 323 Å². The van der Waals surface area contributed by atoms with E-state index in [2.05, 4.69) is 20.8 Å². The zero-order chi connectivity index (χ0) is 41.6. The first-order valence-corrected chi connectivity index (χ1v) is 28.6. The summed E-state index contributed by atoms with van der Waals surface area (Å²) < 4.78 is 29.9. The summed E-state index contributed by atoms with van der Waals surface area (Å²) in [6.45, 7) is 6.90. The van der Waals surface area contributed by atoms with Crippen LogP contribution in [-0.2, 0) is 14.3 Å². The molecule has 0 aliphatic carbocycles. The van der Waals surface area contributed by atoms with Crippen molar-refractivity contribution in [2.45, 2.75) is 329 Å². The minimum absolute atomic E-state index is 0.127. The molecule has 0 fully saturated rings. The predicted molar refractivity (Wildman–Crippen MR) is 257 cm³/mol. The van der Waals surface area contributed by atoms with E-state index in [1.165, 1.54) is 282 Å². The molecule has 0 heterocycles. The van der Waals surface area contributed by atoms with E-state index in [1.54, 1.807) is 0 Å². The lowest BCUT2D eigenvalue weighted by Crippen LogP contribution is -2.18. The van der Waals surface area contributed by atoms with Gasteiger partial charge in [-0.15, -0.1) is 0 Å². The Labute approximate surface area is 362 Å². The van der Waals surface area contributed by atoms with Crippen molar-refractivity contribution in [3.63, 3.8) is 0 Å². The lowest BCUT2D eigenvalue weighted by Gasteiger charge is -2.19. The highest BCUT2D eigenvalue weighted by atomic mass is 32.2. The van der Waals surface area contributed by atoms with Crippen LogP contribution >= 0.6 is 0 Å². The van der Waals surface area contributed by atoms with Crippen LogP contribution in [0, 0.1) is 5.92 Å². The molecule has 57 heavy (non-hydrogen) atoms. The van der Waals surface area contributed by atoms with Crippen molar-refractivity contribution >= 4 is 10.1 Å². The summed E-state index contributed by atoms with van der Waals surface area (Å²) in [4.78, 5) is 0. The van der Waals surface area contributed by atoms with E-state index < -0.39 is 10.1 Å². The second-order valence-electron chi connectivity index (χ2n) is 19.0. The molecule has 0 spiro atoms. The van der Waals surface area contributed by atoms with Crippen LogP contribution in [0.4, 0.5) is 0 Å². The molecule has 0 saturated heterocycles. The Morgan fingerprint density at radius 2 is 0.456 bits per heavy atom. The minimum Gasteiger partial charge on any atom is -0.267 e. The van der Waals surface area contributed by atoms with E-state index in [4.69, 9.17) is 4.18 Å². The normalized spacial score (nSPS) is 12.6. The maximum Gasteiger partial charge on any atom is 0.264 e. The van der Waals surface area contributed by atoms with E-state index in [0.29, 0.717) is 0 Å². The standard InChI is InChI=1S/C53H108O3S/c1-5-8-11-14-17-20-23-26-27-28-29-32-35-38-41-44-50-53(56-57(4,54)55)51-46-45-49-52(47-42-39-36-33-30-24-21-18-15-12-9-6-2)48-43-40-37-34-31-25-22-19-16-13-10-7-3/h52-53H,5-51H2,1-4H3. The summed E-state index contributed by atoms with van der Waals surface area (Å²) in [5, 5.41) is 0. The number of unbranched alkanes of at least 4 members (excludes halogenated alkanes) is 38. The molecule has 0 amide bonds. The van der Waals surface area contributed by atoms with Gasteiger partial charge in [-0.25, -0.2) is 0 Å². The first-order valence-electron chi connectivity index (χ1n) is 26.8. The molecule has 0 radical (unpaired) electrons. The molecule has 0 aliphatic heterocycles. The van der Waals surface area contributed by atoms with Crippen LogP contribution in [-0.4, -0.2) is 20.8 Å². The third kappa shape index (κ3) is 48.5. The lowest BCUT2D eigenvalue weighted by atomic mass is 9.89. The summed E-state index contributed by atoms with van der Waals surface area (Å²) in [6, 6.07) is 0. The first kappa shape index (κ1) is 56.9. The Kier molecular flexibility index (Phi) is 46.9. The highest BCUT2D eigenvalue weighted by Crippen LogP contribution is 2.26. The van der Waals surface area contributed by atoms with Crippen molar-refractivity contribution in [2.75, 3.05) is 6.26 Å². The highest BCUT2D eigenvalue weighted by Gasteiger charge is 2.16. The smallest absolute Gasteiger partial charge is 0.264 e. The van der Waals surface area contributed by atoms with E-state index in [1.807, 2.05) is 0 Å². The molecular weight excluding hydrogens is 717 g/mol. The molecule has 0 aromatic heterocycles. The molecule has 0 aliphatic rings. The van der Waals surface area contributed by atoms with Gasteiger partial charge in [0.25, 0.3) is 10.1 Å². The van der Waals surface area contributed by atoms with Crippen LogP contribution < -0.4 is 0 Å². The predicted octanol–water partition coefficient (Wildman–Crippen LogP) is 19.3. The summed E-state index contributed by atoms with van der Waals surface area (Å²) >= 11 is 0. The Morgan fingerprint density at radius 3 is 0.684 bits per heavy atom. The van der Waals surface area contributed by atoms with Gasteiger partial charge in [0.15, 0.2) is 0 Å². The molecule has 344 valence electrons. The van der Waals surface area contributed by atoms with Gasteiger partial charge in [0.1, 0.15) is 0 Å². The Balaban J connectivity index is 4.35. The SMILES string of the molecule is CCCCCCCCCCCCCCCCCCC(CCCCC(CCCCCCCCCCCCCC)CCCCCCCCCCCCCC)OS(C)(=O)=O. The van der Waals surface area contributed by atoms with E-state index >= 15 is 0 Å². The molecule has 0 saturated carbocycles. The van der Waals surface area contributed by atoms with Crippen LogP contribution in [0.2, 0.25) is 0 Å². The summed E-state index contributed by atoms with van der Waals surface area (Å²) in [5.74, 6) is 0.853. The molecule has 1 atom stereocenters. The fourth-order valence-electron chi connectivity index (χ4n) is 9.19. The molecular formula is C53H108O3S. The number of hydrogen-bond donors (Lipinski definition) is 0. The zero-order valence-electron chi connectivity index (χ0n) is 40.0. The van der Waals surface area contributed by atoms with Crippen LogP contribution in [0.3, 0.4) is 0 Å². The van der Waals surface area contributed by atoms with Crippen LogP contribution in [0.25, 0.3) is 0 Å². The lowest BCUT2D eigenvalue weighted by molar-refractivity contribution is 0.180. The largest absolute Gasteiger partial charge is 0.267 e. The van der Waals surface area contributed by atoms with E-state index in [0.717, 1.165) is 31.6 Å². The van der Waals surface area contributed by atoms with E-state index in [9.17, 15) is 8.42 Å². The molecule has 3 nitrogen and oxygen atoms in total. The number of rotatable bonds is 50. The van der Waals surface area contributed by atoms with E-state index in [-0.39, 0.29) is 6.10 Å². The Hall–Kier alpha value is -0.0900. The fraction of sp³-hybridized carbons (Fsp3) is 1.00. The molecule has 0 bridgehead atoms. The molecule has 4 heteroatoms. The molecule has 1 unspecified atom stereocenters. The average molecular weight is 826 g/mol. The first-order chi connectivity index (χ1) is 27.9. The van der Waals surface area contributed by atoms with Crippen molar-refractivity contribution in [2.24, 2.45) is 5.92 Å². The monoisotopic (exact) mass is 825 g/mol. The maximum absolute atomic E-state index is 12.1. The van der Waals surface area contributed by atoms with Crippen LogP contribution in [0.15, 0.2) is 0 Å². The van der Waals surface area contributed by atoms with Gasteiger partial charge in [-0.05, 0) is 18.8 Å². The minimum atomic E-state index is -3.41. The summed E-state index contributed by atoms with van der Waals surface area (Å²) in [6.07, 6.45) is 65.4. The van der Waals surface area contributed by atoms with Gasteiger partial charge >= 0.3 is 0 Å². The van der Waals surface area contributed by atoms with Gasteiger partial charge in [0.05, 0.1) is 12.4 Å². The van der Waals surface area contributed by atoms with Gasteiger partial charge in [0, 0.05) is 0 Å². The second-order valence-corrected chi connectivity index (χ2v) is 20.6. The van der Waals surface area contributed by atoms with Gasteiger partial charge in [-0.2, -0.15) is 8.42 Å².